The van der Waals surface area contributed by atoms with Crippen LogP contribution in [0.2, 0.25) is 0 Å². The van der Waals surface area contributed by atoms with Crippen LogP contribution in [0, 0.1) is 35.5 Å². The molecule has 8 fully saturated rings. The van der Waals surface area contributed by atoms with E-state index in [0.29, 0.717) is 41.4 Å². The van der Waals surface area contributed by atoms with Crippen LogP contribution in [-0.2, 0) is 22.4 Å². The smallest absolute Gasteiger partial charge is 0.0952 e. The Kier molecular flexibility index (Phi) is 18.1. The fourth-order valence-corrected chi connectivity index (χ4v) is 15.1. The summed E-state index contributed by atoms with van der Waals surface area (Å²) in [4.78, 5) is 0. The van der Waals surface area contributed by atoms with E-state index in [9.17, 15) is 20.4 Å². The first-order valence-corrected chi connectivity index (χ1v) is 29.9. The monoisotopic (exact) mass is 979 g/mol. The van der Waals surface area contributed by atoms with Crippen LogP contribution in [0.1, 0.15) is 265 Å². The van der Waals surface area contributed by atoms with E-state index in [-0.39, 0.29) is 0 Å². The molecule has 0 aliphatic heterocycles. The number of fused-ring (bicyclic) bond motifs is 2. The SMILES string of the molecule is CCC(C)c1ccc(C2(O)C3CC4CC(C3)CC2C4)cc1.CCC(C)c1ccc(C2(O)CC3CCC2C3)cc1.CCC(C)c1ccc(C2(O)CCCC2)cc1.CCC(C)c1ccc(C2(O)CCCCC2)cc1. The fourth-order valence-electron chi connectivity index (χ4n) is 15.1. The van der Waals surface area contributed by atoms with Crippen LogP contribution in [0.5, 0.6) is 0 Å². The maximum absolute atomic E-state index is 11.5. The summed E-state index contributed by atoms with van der Waals surface area (Å²) in [6, 6.07) is 35.0. The van der Waals surface area contributed by atoms with Gasteiger partial charge in [-0.3, -0.25) is 0 Å². The normalized spacial score (nSPS) is 30.9. The Morgan fingerprint density at radius 3 is 1.01 bits per heavy atom. The summed E-state index contributed by atoms with van der Waals surface area (Å²) in [7, 11) is 0. The van der Waals surface area contributed by atoms with E-state index in [0.717, 1.165) is 92.2 Å². The number of benzene rings is 4. The van der Waals surface area contributed by atoms with Crippen LogP contribution in [0.15, 0.2) is 97.1 Å². The lowest BCUT2D eigenvalue weighted by Crippen LogP contribution is -2.55. The van der Waals surface area contributed by atoms with Crippen molar-refractivity contribution in [3.05, 3.63) is 142 Å². The summed E-state index contributed by atoms with van der Waals surface area (Å²) < 4.78 is 0. The number of hydrogen-bond donors (Lipinski definition) is 4. The van der Waals surface area contributed by atoms with Crippen LogP contribution in [0.25, 0.3) is 0 Å². The Bertz CT molecular complexity index is 2240. The fraction of sp³-hybridized carbons (Fsp3) is 0.647. The molecule has 72 heavy (non-hydrogen) atoms. The molecule has 0 heterocycles. The van der Waals surface area contributed by atoms with Crippen molar-refractivity contribution >= 4 is 0 Å². The number of aliphatic hydroxyl groups is 4. The molecule has 4 aromatic rings. The third-order valence-corrected chi connectivity index (χ3v) is 20.7. The van der Waals surface area contributed by atoms with E-state index in [2.05, 4.69) is 152 Å². The first-order chi connectivity index (χ1) is 34.5. The van der Waals surface area contributed by atoms with Gasteiger partial charge in [0.2, 0.25) is 0 Å². The molecule has 4 aromatic carbocycles. The molecule has 394 valence electrons. The highest BCUT2D eigenvalue weighted by Crippen LogP contribution is 2.62. The molecule has 4 heteroatoms. The van der Waals surface area contributed by atoms with Gasteiger partial charge in [0, 0.05) is 0 Å². The largest absolute Gasteiger partial charge is 0.385 e. The second-order valence-corrected chi connectivity index (χ2v) is 25.2. The Labute approximate surface area is 438 Å². The molecule has 8 saturated carbocycles. The van der Waals surface area contributed by atoms with Gasteiger partial charge in [0.15, 0.2) is 0 Å². The van der Waals surface area contributed by atoms with Gasteiger partial charge in [-0.2, -0.15) is 0 Å². The van der Waals surface area contributed by atoms with E-state index in [1.807, 2.05) is 0 Å². The van der Waals surface area contributed by atoms with Gasteiger partial charge in [-0.05, 0) is 213 Å². The second-order valence-electron chi connectivity index (χ2n) is 25.2. The van der Waals surface area contributed by atoms with Gasteiger partial charge in [-0.15, -0.1) is 0 Å². The van der Waals surface area contributed by atoms with Crippen molar-refractivity contribution in [1.29, 1.82) is 0 Å². The minimum atomic E-state index is -0.549. The lowest BCUT2D eigenvalue weighted by atomic mass is 9.48. The van der Waals surface area contributed by atoms with Gasteiger partial charge in [0.1, 0.15) is 0 Å². The van der Waals surface area contributed by atoms with E-state index >= 15 is 0 Å². The highest BCUT2D eigenvalue weighted by atomic mass is 16.3. The van der Waals surface area contributed by atoms with Gasteiger partial charge in [0.05, 0.1) is 22.4 Å². The van der Waals surface area contributed by atoms with Crippen molar-refractivity contribution in [3.8, 4) is 0 Å². The quantitative estimate of drug-likeness (QED) is 0.114. The summed E-state index contributed by atoms with van der Waals surface area (Å²) in [5.74, 6) is 6.61. The molecule has 0 spiro atoms. The van der Waals surface area contributed by atoms with E-state index < -0.39 is 22.4 Å². The zero-order valence-corrected chi connectivity index (χ0v) is 46.4. The molecule has 4 N–H and O–H groups in total. The summed E-state index contributed by atoms with van der Waals surface area (Å²) in [5.41, 5.74) is 8.02. The predicted octanol–water partition coefficient (Wildman–Crippen LogP) is 17.4. The molecule has 8 aliphatic rings. The van der Waals surface area contributed by atoms with Gasteiger partial charge < -0.3 is 20.4 Å². The van der Waals surface area contributed by atoms with Gasteiger partial charge in [0.25, 0.3) is 0 Å². The van der Waals surface area contributed by atoms with E-state index in [4.69, 9.17) is 0 Å². The highest BCUT2D eigenvalue weighted by molar-refractivity contribution is 5.34. The van der Waals surface area contributed by atoms with E-state index in [1.54, 1.807) is 0 Å². The number of hydrogen-bond acceptors (Lipinski definition) is 4. The lowest BCUT2D eigenvalue weighted by Gasteiger charge is -2.59. The summed E-state index contributed by atoms with van der Waals surface area (Å²) in [6.45, 7) is 17.9. The minimum Gasteiger partial charge on any atom is -0.385 e. The standard InChI is InChI=1S/C20H28O.C17H24O.C16H24O.C15H22O/c1-3-13(2)16-4-6-17(7-5-16)20(21)18-9-14-8-15(11-18)12-19(20)10-14;1-3-12(2)14-5-8-15(9-6-14)17(18)11-13-4-7-16(17)10-13;1-3-13(2)14-7-9-15(10-8-14)16(17)11-5-4-6-12-16;1-3-12(2)13-6-8-14(9-7-13)15(16)10-4-5-11-15/h4-7,13-15,18-19,21H,3,8-12H2,1-2H3;5-6,8-9,12-13,16,18H,3-4,7,10-11H2,1-2H3;7-10,13,17H,3-6,11-12H2,1-2H3;6-9,12,16H,3-5,10-11H2,1-2H3. The predicted molar refractivity (Wildman–Crippen MR) is 300 cm³/mol. The maximum atomic E-state index is 11.5. The summed E-state index contributed by atoms with van der Waals surface area (Å²) in [5, 5.41) is 43.6. The zero-order valence-electron chi connectivity index (χ0n) is 46.4. The molecule has 0 amide bonds. The molecular formula is C68H98O4. The van der Waals surface area contributed by atoms with Gasteiger partial charge in [-0.25, -0.2) is 0 Å². The zero-order chi connectivity index (χ0) is 51.3. The van der Waals surface area contributed by atoms with E-state index in [1.165, 1.54) is 111 Å². The summed E-state index contributed by atoms with van der Waals surface area (Å²) >= 11 is 0. The second kappa shape index (κ2) is 23.7. The van der Waals surface area contributed by atoms with Crippen molar-refractivity contribution in [2.45, 2.75) is 243 Å². The third-order valence-electron chi connectivity index (χ3n) is 20.7. The molecule has 6 bridgehead atoms. The highest BCUT2D eigenvalue weighted by Gasteiger charge is 2.57. The Morgan fingerprint density at radius 1 is 0.375 bits per heavy atom. The topological polar surface area (TPSA) is 80.9 Å². The maximum Gasteiger partial charge on any atom is 0.0952 e. The molecule has 8 aliphatic carbocycles. The van der Waals surface area contributed by atoms with Gasteiger partial charge >= 0.3 is 0 Å². The first-order valence-electron chi connectivity index (χ1n) is 29.9. The average Bonchev–Trinajstić information content (AvgIpc) is 4.17. The molecule has 12 rings (SSSR count). The average molecular weight is 980 g/mol. The van der Waals surface area contributed by atoms with Crippen LogP contribution >= 0.6 is 0 Å². The summed E-state index contributed by atoms with van der Waals surface area (Å²) in [6.07, 6.45) is 25.6. The van der Waals surface area contributed by atoms with Crippen LogP contribution in [-0.4, -0.2) is 20.4 Å². The third kappa shape index (κ3) is 11.9. The lowest BCUT2D eigenvalue weighted by molar-refractivity contribution is -0.179. The van der Waals surface area contributed by atoms with Crippen molar-refractivity contribution < 1.29 is 20.4 Å². The van der Waals surface area contributed by atoms with Crippen molar-refractivity contribution in [2.75, 3.05) is 0 Å². The van der Waals surface area contributed by atoms with Crippen molar-refractivity contribution in [2.24, 2.45) is 35.5 Å². The van der Waals surface area contributed by atoms with Crippen LogP contribution in [0.4, 0.5) is 0 Å². The number of rotatable bonds is 12. The van der Waals surface area contributed by atoms with Crippen LogP contribution in [0.3, 0.4) is 0 Å². The molecule has 0 radical (unpaired) electrons. The Balaban J connectivity index is 0.000000129. The Hall–Kier alpha value is -3.28. The molecule has 0 aromatic heterocycles. The first kappa shape index (κ1) is 55.0. The molecular weight excluding hydrogens is 881 g/mol. The van der Waals surface area contributed by atoms with Crippen molar-refractivity contribution in [1.82, 2.24) is 0 Å². The minimum absolute atomic E-state index is 0.511. The van der Waals surface area contributed by atoms with Crippen LogP contribution < -0.4 is 0 Å². The molecule has 7 unspecified atom stereocenters. The van der Waals surface area contributed by atoms with Gasteiger partial charge in [-0.1, -0.05) is 185 Å². The molecule has 7 atom stereocenters. The van der Waals surface area contributed by atoms with Crippen molar-refractivity contribution in [3.63, 3.8) is 0 Å². The molecule has 4 nitrogen and oxygen atoms in total. The Morgan fingerprint density at radius 2 is 0.694 bits per heavy atom. The molecule has 0 saturated heterocycles.